The predicted molar refractivity (Wildman–Crippen MR) is 60.2 cm³/mol. The predicted octanol–water partition coefficient (Wildman–Crippen LogP) is 1.85. The number of nitrogens with zero attached hydrogens (tertiary/aromatic N) is 1. The molecule has 0 atom stereocenters. The zero-order chi connectivity index (χ0) is 9.80. The van der Waals surface area contributed by atoms with E-state index in [0.29, 0.717) is 0 Å². The van der Waals surface area contributed by atoms with Crippen LogP contribution in [0.25, 0.3) is 0 Å². The van der Waals surface area contributed by atoms with Crippen LogP contribution in [0.5, 0.6) is 0 Å². The van der Waals surface area contributed by atoms with E-state index in [1.54, 1.807) is 0 Å². The van der Waals surface area contributed by atoms with Crippen LogP contribution in [0.2, 0.25) is 0 Å². The van der Waals surface area contributed by atoms with E-state index in [2.05, 4.69) is 4.90 Å². The molecule has 0 aromatic rings. The molecule has 0 unspecified atom stereocenters. The van der Waals surface area contributed by atoms with Gasteiger partial charge in [0.1, 0.15) is 0 Å². The van der Waals surface area contributed by atoms with Gasteiger partial charge in [-0.25, -0.2) is 0 Å². The molecule has 0 spiro atoms. The fourth-order valence-corrected chi connectivity index (χ4v) is 2.98. The average molecular weight is 196 g/mol. The summed E-state index contributed by atoms with van der Waals surface area (Å²) in [5.41, 5.74) is 5.70. The molecule has 1 heterocycles. The maximum absolute atomic E-state index is 5.70. The van der Waals surface area contributed by atoms with Crippen molar-refractivity contribution in [1.29, 1.82) is 0 Å². The fourth-order valence-electron chi connectivity index (χ4n) is 2.98. The van der Waals surface area contributed by atoms with Crippen LogP contribution in [0.3, 0.4) is 0 Å². The highest BCUT2D eigenvalue weighted by Gasteiger charge is 2.23. The Morgan fingerprint density at radius 1 is 0.929 bits per heavy atom. The first-order valence-electron chi connectivity index (χ1n) is 6.31. The molecular weight excluding hydrogens is 172 g/mol. The van der Waals surface area contributed by atoms with Gasteiger partial charge in [0.15, 0.2) is 0 Å². The molecule has 1 aliphatic carbocycles. The summed E-state index contributed by atoms with van der Waals surface area (Å²) in [4.78, 5) is 2.66. The van der Waals surface area contributed by atoms with Gasteiger partial charge in [-0.1, -0.05) is 0 Å². The van der Waals surface area contributed by atoms with Crippen molar-refractivity contribution in [1.82, 2.24) is 4.90 Å². The maximum Gasteiger partial charge on any atom is 0.000966 e. The maximum atomic E-state index is 5.70. The van der Waals surface area contributed by atoms with Gasteiger partial charge in [0, 0.05) is 6.54 Å². The first-order valence-corrected chi connectivity index (χ1v) is 6.31. The van der Waals surface area contributed by atoms with Gasteiger partial charge in [0.2, 0.25) is 0 Å². The molecule has 0 bridgehead atoms. The van der Waals surface area contributed by atoms with Crippen molar-refractivity contribution in [2.45, 2.75) is 38.5 Å². The van der Waals surface area contributed by atoms with E-state index in [1.807, 2.05) is 0 Å². The lowest BCUT2D eigenvalue weighted by Gasteiger charge is -2.30. The molecule has 2 nitrogen and oxygen atoms in total. The van der Waals surface area contributed by atoms with E-state index < -0.39 is 0 Å². The summed E-state index contributed by atoms with van der Waals surface area (Å²) in [6, 6.07) is 0. The molecule has 2 rings (SSSR count). The Morgan fingerprint density at radius 2 is 1.50 bits per heavy atom. The van der Waals surface area contributed by atoms with Crippen molar-refractivity contribution >= 4 is 0 Å². The molecule has 2 fully saturated rings. The molecule has 0 radical (unpaired) electrons. The van der Waals surface area contributed by atoms with Crippen LogP contribution in [0.4, 0.5) is 0 Å². The fraction of sp³-hybridized carbons (Fsp3) is 1.00. The Bertz CT molecular complexity index is 156. The SMILES string of the molecule is NCC1CCC(CN2CCCC2)CC1. The third kappa shape index (κ3) is 2.71. The van der Waals surface area contributed by atoms with Crippen LogP contribution in [0, 0.1) is 11.8 Å². The van der Waals surface area contributed by atoms with E-state index in [9.17, 15) is 0 Å². The lowest BCUT2D eigenvalue weighted by atomic mass is 9.82. The molecule has 14 heavy (non-hydrogen) atoms. The summed E-state index contributed by atoms with van der Waals surface area (Å²) < 4.78 is 0. The van der Waals surface area contributed by atoms with Gasteiger partial charge in [0.05, 0.1) is 0 Å². The van der Waals surface area contributed by atoms with Crippen molar-refractivity contribution in [3.63, 3.8) is 0 Å². The van der Waals surface area contributed by atoms with Crippen molar-refractivity contribution in [2.24, 2.45) is 17.6 Å². The Labute approximate surface area is 87.8 Å². The smallest absolute Gasteiger partial charge is 0.000966 e. The molecule has 0 aromatic heterocycles. The molecular formula is C12H24N2. The van der Waals surface area contributed by atoms with Crippen LogP contribution in [-0.4, -0.2) is 31.1 Å². The summed E-state index contributed by atoms with van der Waals surface area (Å²) in [6.45, 7) is 5.00. The molecule has 0 aromatic carbocycles. The molecule has 2 aliphatic rings. The van der Waals surface area contributed by atoms with Crippen molar-refractivity contribution in [3.8, 4) is 0 Å². The van der Waals surface area contributed by atoms with E-state index in [-0.39, 0.29) is 0 Å². The van der Waals surface area contributed by atoms with E-state index in [1.165, 1.54) is 58.2 Å². The normalized spacial score (nSPS) is 34.9. The minimum atomic E-state index is 0.838. The molecule has 1 aliphatic heterocycles. The topological polar surface area (TPSA) is 29.3 Å². The summed E-state index contributed by atoms with van der Waals surface area (Å²) in [6.07, 6.45) is 8.48. The van der Waals surface area contributed by atoms with Gasteiger partial charge < -0.3 is 10.6 Å². The van der Waals surface area contributed by atoms with Crippen LogP contribution >= 0.6 is 0 Å². The third-order valence-corrected chi connectivity index (χ3v) is 4.01. The van der Waals surface area contributed by atoms with Crippen LogP contribution < -0.4 is 5.73 Å². The van der Waals surface area contributed by atoms with Gasteiger partial charge in [-0.05, 0) is 70.0 Å². The highest BCUT2D eigenvalue weighted by molar-refractivity contribution is 4.77. The highest BCUT2D eigenvalue weighted by Crippen LogP contribution is 2.29. The second-order valence-electron chi connectivity index (χ2n) is 5.13. The van der Waals surface area contributed by atoms with Gasteiger partial charge in [0.25, 0.3) is 0 Å². The van der Waals surface area contributed by atoms with E-state index in [0.717, 1.165) is 18.4 Å². The largest absolute Gasteiger partial charge is 0.330 e. The zero-order valence-corrected chi connectivity index (χ0v) is 9.25. The number of hydrogen-bond donors (Lipinski definition) is 1. The Balaban J connectivity index is 1.67. The Morgan fingerprint density at radius 3 is 2.07 bits per heavy atom. The number of rotatable bonds is 3. The van der Waals surface area contributed by atoms with Crippen LogP contribution in [0.15, 0.2) is 0 Å². The minimum Gasteiger partial charge on any atom is -0.330 e. The highest BCUT2D eigenvalue weighted by atomic mass is 15.1. The van der Waals surface area contributed by atoms with Crippen molar-refractivity contribution < 1.29 is 0 Å². The second kappa shape index (κ2) is 5.13. The van der Waals surface area contributed by atoms with Gasteiger partial charge in [-0.2, -0.15) is 0 Å². The third-order valence-electron chi connectivity index (χ3n) is 4.01. The minimum absolute atomic E-state index is 0.838. The van der Waals surface area contributed by atoms with E-state index >= 15 is 0 Å². The molecule has 0 amide bonds. The van der Waals surface area contributed by atoms with Crippen molar-refractivity contribution in [2.75, 3.05) is 26.2 Å². The van der Waals surface area contributed by atoms with Crippen LogP contribution in [0.1, 0.15) is 38.5 Å². The van der Waals surface area contributed by atoms with Gasteiger partial charge >= 0.3 is 0 Å². The molecule has 2 heteroatoms. The van der Waals surface area contributed by atoms with Crippen LogP contribution in [-0.2, 0) is 0 Å². The first kappa shape index (κ1) is 10.4. The number of likely N-dealkylation sites (tertiary alicyclic amines) is 1. The van der Waals surface area contributed by atoms with Gasteiger partial charge in [-0.3, -0.25) is 0 Å². The standard InChI is InChI=1S/C12H24N2/c13-9-11-3-5-12(6-4-11)10-14-7-1-2-8-14/h11-12H,1-10,13H2. The second-order valence-corrected chi connectivity index (χ2v) is 5.13. The van der Waals surface area contributed by atoms with E-state index in [4.69, 9.17) is 5.73 Å². The lowest BCUT2D eigenvalue weighted by molar-refractivity contribution is 0.206. The summed E-state index contributed by atoms with van der Waals surface area (Å²) >= 11 is 0. The quantitative estimate of drug-likeness (QED) is 0.746. The van der Waals surface area contributed by atoms with Crippen molar-refractivity contribution in [3.05, 3.63) is 0 Å². The summed E-state index contributed by atoms with van der Waals surface area (Å²) in [7, 11) is 0. The molecule has 1 saturated carbocycles. The number of hydrogen-bond acceptors (Lipinski definition) is 2. The zero-order valence-electron chi connectivity index (χ0n) is 9.25. The summed E-state index contributed by atoms with van der Waals surface area (Å²) in [5, 5.41) is 0. The lowest BCUT2D eigenvalue weighted by Crippen LogP contribution is -2.30. The average Bonchev–Trinajstić information content (AvgIpc) is 2.72. The van der Waals surface area contributed by atoms with Gasteiger partial charge in [-0.15, -0.1) is 0 Å². The first-order chi connectivity index (χ1) is 6.88. The number of nitrogens with two attached hydrogens (primary N) is 1. The summed E-state index contributed by atoms with van der Waals surface area (Å²) in [5.74, 6) is 1.82. The molecule has 1 saturated heterocycles. The molecule has 2 N–H and O–H groups in total. The Hall–Kier alpha value is -0.0800. The monoisotopic (exact) mass is 196 g/mol. The molecule has 82 valence electrons. The Kier molecular flexibility index (Phi) is 3.82.